The van der Waals surface area contributed by atoms with Gasteiger partial charge in [0.15, 0.2) is 0 Å². The second-order valence-electron chi connectivity index (χ2n) is 4.40. The summed E-state index contributed by atoms with van der Waals surface area (Å²) in [6, 6.07) is 3.87. The molecular formula is C12H17NO3. The van der Waals surface area contributed by atoms with Crippen LogP contribution in [0, 0.1) is 5.92 Å². The van der Waals surface area contributed by atoms with Gasteiger partial charge in [0.2, 0.25) is 0 Å². The fraction of sp³-hybridized carbons (Fsp3) is 0.583. The van der Waals surface area contributed by atoms with Crippen LogP contribution in [0.15, 0.2) is 22.8 Å². The van der Waals surface area contributed by atoms with Crippen molar-refractivity contribution in [2.45, 2.75) is 25.8 Å². The predicted molar refractivity (Wildman–Crippen MR) is 59.0 cm³/mol. The summed E-state index contributed by atoms with van der Waals surface area (Å²) in [7, 11) is 0. The molecule has 1 fully saturated rings. The lowest BCUT2D eigenvalue weighted by atomic mass is 10.0. The van der Waals surface area contributed by atoms with E-state index >= 15 is 0 Å². The van der Waals surface area contributed by atoms with Crippen molar-refractivity contribution in [1.82, 2.24) is 4.90 Å². The SMILES string of the molecule is O=C(O)CCC1CCN(Cc2ccco2)C1. The van der Waals surface area contributed by atoms with E-state index in [0.717, 1.165) is 38.2 Å². The minimum absolute atomic E-state index is 0.291. The average Bonchev–Trinajstić information content (AvgIpc) is 2.87. The summed E-state index contributed by atoms with van der Waals surface area (Å²) in [6.45, 7) is 2.88. The Hall–Kier alpha value is -1.29. The molecule has 0 amide bonds. The van der Waals surface area contributed by atoms with Gasteiger partial charge in [-0.15, -0.1) is 0 Å². The molecule has 2 rings (SSSR count). The van der Waals surface area contributed by atoms with Crippen molar-refractivity contribution in [2.24, 2.45) is 5.92 Å². The Morgan fingerprint density at radius 2 is 2.50 bits per heavy atom. The number of furan rings is 1. The van der Waals surface area contributed by atoms with Gasteiger partial charge in [-0.2, -0.15) is 0 Å². The molecule has 88 valence electrons. The van der Waals surface area contributed by atoms with Crippen LogP contribution in [-0.2, 0) is 11.3 Å². The van der Waals surface area contributed by atoms with Crippen molar-refractivity contribution in [2.75, 3.05) is 13.1 Å². The smallest absolute Gasteiger partial charge is 0.303 e. The zero-order valence-corrected chi connectivity index (χ0v) is 9.26. The van der Waals surface area contributed by atoms with Crippen LogP contribution in [0.5, 0.6) is 0 Å². The van der Waals surface area contributed by atoms with Crippen molar-refractivity contribution in [3.63, 3.8) is 0 Å². The molecule has 1 aliphatic heterocycles. The predicted octanol–water partition coefficient (Wildman–Crippen LogP) is 1.97. The van der Waals surface area contributed by atoms with Crippen LogP contribution in [0.1, 0.15) is 25.0 Å². The van der Waals surface area contributed by atoms with Gasteiger partial charge in [-0.3, -0.25) is 9.69 Å². The second kappa shape index (κ2) is 5.16. The number of nitrogens with zero attached hydrogens (tertiary/aromatic N) is 1. The van der Waals surface area contributed by atoms with E-state index < -0.39 is 5.97 Å². The lowest BCUT2D eigenvalue weighted by Gasteiger charge is -2.13. The van der Waals surface area contributed by atoms with Crippen LogP contribution in [0.2, 0.25) is 0 Å². The average molecular weight is 223 g/mol. The van der Waals surface area contributed by atoms with E-state index in [4.69, 9.17) is 9.52 Å². The van der Waals surface area contributed by atoms with Gasteiger partial charge >= 0.3 is 5.97 Å². The van der Waals surface area contributed by atoms with Crippen LogP contribution >= 0.6 is 0 Å². The van der Waals surface area contributed by atoms with E-state index in [0.29, 0.717) is 12.3 Å². The first kappa shape index (κ1) is 11.2. The Kier molecular flexibility index (Phi) is 3.62. The Labute approximate surface area is 94.9 Å². The van der Waals surface area contributed by atoms with E-state index in [1.165, 1.54) is 0 Å². The molecule has 1 N–H and O–H groups in total. The monoisotopic (exact) mass is 223 g/mol. The molecule has 0 saturated carbocycles. The van der Waals surface area contributed by atoms with Gasteiger partial charge in [0, 0.05) is 13.0 Å². The maximum Gasteiger partial charge on any atom is 0.303 e. The Balaban J connectivity index is 1.73. The van der Waals surface area contributed by atoms with E-state index in [-0.39, 0.29) is 0 Å². The molecule has 0 aromatic carbocycles. The van der Waals surface area contributed by atoms with Crippen LogP contribution in [0.4, 0.5) is 0 Å². The summed E-state index contributed by atoms with van der Waals surface area (Å²) >= 11 is 0. The molecular weight excluding hydrogens is 206 g/mol. The molecule has 1 saturated heterocycles. The van der Waals surface area contributed by atoms with E-state index in [9.17, 15) is 4.79 Å². The highest BCUT2D eigenvalue weighted by Crippen LogP contribution is 2.22. The number of carboxylic acids is 1. The highest BCUT2D eigenvalue weighted by Gasteiger charge is 2.23. The number of hydrogen-bond donors (Lipinski definition) is 1. The summed E-state index contributed by atoms with van der Waals surface area (Å²) in [6.07, 6.45) is 3.88. The molecule has 0 bridgehead atoms. The van der Waals surface area contributed by atoms with Gasteiger partial charge in [-0.1, -0.05) is 0 Å². The minimum atomic E-state index is -0.690. The lowest BCUT2D eigenvalue weighted by Crippen LogP contribution is -2.20. The number of carbonyl (C=O) groups is 1. The maximum absolute atomic E-state index is 10.5. The van der Waals surface area contributed by atoms with Crippen molar-refractivity contribution < 1.29 is 14.3 Å². The van der Waals surface area contributed by atoms with Crippen molar-refractivity contribution in [3.8, 4) is 0 Å². The topological polar surface area (TPSA) is 53.7 Å². The third kappa shape index (κ3) is 3.10. The number of likely N-dealkylation sites (tertiary alicyclic amines) is 1. The van der Waals surface area contributed by atoms with Gasteiger partial charge in [-0.05, 0) is 37.4 Å². The number of carboxylic acid groups (broad SMARTS) is 1. The van der Waals surface area contributed by atoms with Crippen molar-refractivity contribution >= 4 is 5.97 Å². The van der Waals surface area contributed by atoms with Gasteiger partial charge in [0.25, 0.3) is 0 Å². The van der Waals surface area contributed by atoms with Crippen LogP contribution in [0.25, 0.3) is 0 Å². The van der Waals surface area contributed by atoms with Crippen LogP contribution in [0.3, 0.4) is 0 Å². The number of aliphatic carboxylic acids is 1. The van der Waals surface area contributed by atoms with Gasteiger partial charge in [0.05, 0.1) is 12.8 Å². The molecule has 4 heteroatoms. The van der Waals surface area contributed by atoms with E-state index in [1.807, 2.05) is 12.1 Å². The zero-order valence-electron chi connectivity index (χ0n) is 9.26. The molecule has 1 aromatic heterocycles. The first-order valence-electron chi connectivity index (χ1n) is 5.70. The lowest BCUT2D eigenvalue weighted by molar-refractivity contribution is -0.137. The minimum Gasteiger partial charge on any atom is -0.481 e. The van der Waals surface area contributed by atoms with Gasteiger partial charge < -0.3 is 9.52 Å². The fourth-order valence-electron chi connectivity index (χ4n) is 2.24. The molecule has 1 aromatic rings. The molecule has 16 heavy (non-hydrogen) atoms. The van der Waals surface area contributed by atoms with Crippen molar-refractivity contribution in [3.05, 3.63) is 24.2 Å². The van der Waals surface area contributed by atoms with Crippen LogP contribution < -0.4 is 0 Å². The first-order chi connectivity index (χ1) is 7.74. The summed E-state index contributed by atoms with van der Waals surface area (Å²) in [5, 5.41) is 8.62. The summed E-state index contributed by atoms with van der Waals surface area (Å²) < 4.78 is 5.29. The zero-order chi connectivity index (χ0) is 11.4. The fourth-order valence-corrected chi connectivity index (χ4v) is 2.24. The quantitative estimate of drug-likeness (QED) is 0.829. The second-order valence-corrected chi connectivity index (χ2v) is 4.40. The summed E-state index contributed by atoms with van der Waals surface area (Å²) in [5.41, 5.74) is 0. The summed E-state index contributed by atoms with van der Waals surface area (Å²) in [4.78, 5) is 12.8. The first-order valence-corrected chi connectivity index (χ1v) is 5.70. The summed E-state index contributed by atoms with van der Waals surface area (Å²) in [5.74, 6) is 0.828. The molecule has 0 spiro atoms. The highest BCUT2D eigenvalue weighted by atomic mass is 16.4. The third-order valence-corrected chi connectivity index (χ3v) is 3.10. The normalized spacial score (nSPS) is 21.4. The highest BCUT2D eigenvalue weighted by molar-refractivity contribution is 5.66. The molecule has 1 unspecified atom stereocenters. The van der Waals surface area contributed by atoms with Gasteiger partial charge in [-0.25, -0.2) is 0 Å². The molecule has 0 aliphatic carbocycles. The van der Waals surface area contributed by atoms with E-state index in [2.05, 4.69) is 4.90 Å². The Morgan fingerprint density at radius 3 is 3.19 bits per heavy atom. The molecule has 1 aliphatic rings. The van der Waals surface area contributed by atoms with Gasteiger partial charge in [0.1, 0.15) is 5.76 Å². The molecule has 2 heterocycles. The van der Waals surface area contributed by atoms with E-state index in [1.54, 1.807) is 6.26 Å². The third-order valence-electron chi connectivity index (χ3n) is 3.10. The standard InChI is InChI=1S/C12H17NO3/c14-12(15)4-3-10-5-6-13(8-10)9-11-2-1-7-16-11/h1-2,7,10H,3-6,8-9H2,(H,14,15). The molecule has 4 nitrogen and oxygen atoms in total. The Morgan fingerprint density at radius 1 is 1.62 bits per heavy atom. The number of rotatable bonds is 5. The number of hydrogen-bond acceptors (Lipinski definition) is 3. The Bertz CT molecular complexity index is 334. The van der Waals surface area contributed by atoms with Crippen LogP contribution in [-0.4, -0.2) is 29.1 Å². The largest absolute Gasteiger partial charge is 0.481 e. The maximum atomic E-state index is 10.5. The molecule has 1 atom stereocenters. The van der Waals surface area contributed by atoms with Crippen molar-refractivity contribution in [1.29, 1.82) is 0 Å². The molecule has 0 radical (unpaired) electrons.